The number of aromatic nitrogens is 2. The minimum Gasteiger partial charge on any atom is -0.343 e. The van der Waals surface area contributed by atoms with E-state index >= 15 is 0 Å². The van der Waals surface area contributed by atoms with Crippen LogP contribution in [0.2, 0.25) is 0 Å². The van der Waals surface area contributed by atoms with Crippen LogP contribution in [0.1, 0.15) is 63.2 Å². The van der Waals surface area contributed by atoms with Gasteiger partial charge in [0.15, 0.2) is 5.82 Å². The smallest absolute Gasteiger partial charge is 0.243 e. The standard InChI is InChI=1S/C26H39N5O4S.ClH/c1-21(2)19-22-7-9-23(10-8-22)36(33,34)31-17-15-29(16-18-31)20-24-27-25(35-28-24)11-12-26(32)30-13-5-3-4-6-14-30;/h7-10,21H,3-6,11-20H2,1-2H3;1H. The van der Waals surface area contributed by atoms with Crippen LogP contribution < -0.4 is 0 Å². The first-order valence-electron chi connectivity index (χ1n) is 13.2. The molecule has 4 rings (SSSR count). The molecule has 2 fully saturated rings. The molecule has 9 nitrogen and oxygen atoms in total. The third kappa shape index (κ3) is 8.24. The van der Waals surface area contributed by atoms with Gasteiger partial charge in [0.05, 0.1) is 11.4 Å². The number of halogens is 1. The highest BCUT2D eigenvalue weighted by Gasteiger charge is 2.29. The van der Waals surface area contributed by atoms with Gasteiger partial charge in [0.25, 0.3) is 0 Å². The Labute approximate surface area is 227 Å². The van der Waals surface area contributed by atoms with Crippen molar-refractivity contribution in [3.05, 3.63) is 41.5 Å². The molecule has 2 aromatic rings. The van der Waals surface area contributed by atoms with Gasteiger partial charge in [-0.15, -0.1) is 12.4 Å². The normalized spacial score (nSPS) is 18.0. The van der Waals surface area contributed by atoms with Crippen LogP contribution in [0.3, 0.4) is 0 Å². The molecule has 0 spiro atoms. The Morgan fingerprint density at radius 1 is 0.973 bits per heavy atom. The van der Waals surface area contributed by atoms with Gasteiger partial charge < -0.3 is 9.42 Å². The summed E-state index contributed by atoms with van der Waals surface area (Å²) in [5.74, 6) is 1.74. The summed E-state index contributed by atoms with van der Waals surface area (Å²) in [5.41, 5.74) is 1.15. The number of sulfonamides is 1. The van der Waals surface area contributed by atoms with E-state index in [4.69, 9.17) is 4.52 Å². The van der Waals surface area contributed by atoms with E-state index in [1.165, 1.54) is 12.8 Å². The van der Waals surface area contributed by atoms with Crippen molar-refractivity contribution in [3.63, 3.8) is 0 Å². The first-order chi connectivity index (χ1) is 17.3. The fraction of sp³-hybridized carbons (Fsp3) is 0.654. The summed E-state index contributed by atoms with van der Waals surface area (Å²) in [4.78, 5) is 21.4. The molecule has 0 saturated carbocycles. The van der Waals surface area contributed by atoms with E-state index in [1.807, 2.05) is 17.0 Å². The Balaban J connectivity index is 0.00000380. The van der Waals surface area contributed by atoms with Gasteiger partial charge in [-0.1, -0.05) is 44.0 Å². The molecule has 2 aliphatic heterocycles. The zero-order chi connectivity index (χ0) is 25.5. The summed E-state index contributed by atoms with van der Waals surface area (Å²) in [5, 5.41) is 4.08. The molecule has 0 unspecified atom stereocenters. The van der Waals surface area contributed by atoms with Crippen LogP contribution in [-0.4, -0.2) is 77.8 Å². The Kier molecular flexibility index (Phi) is 10.9. The second-order valence-corrected chi connectivity index (χ2v) is 12.3. The summed E-state index contributed by atoms with van der Waals surface area (Å²) in [6.07, 6.45) is 6.32. The number of hydrogen-bond donors (Lipinski definition) is 0. The fourth-order valence-electron chi connectivity index (χ4n) is 4.89. The highest BCUT2D eigenvalue weighted by atomic mass is 35.5. The van der Waals surface area contributed by atoms with Gasteiger partial charge in [0, 0.05) is 52.1 Å². The molecule has 0 atom stereocenters. The predicted molar refractivity (Wildman–Crippen MR) is 144 cm³/mol. The number of carbonyl (C=O) groups is 1. The van der Waals surface area contributed by atoms with E-state index in [0.29, 0.717) is 68.1 Å². The van der Waals surface area contributed by atoms with E-state index < -0.39 is 10.0 Å². The first-order valence-corrected chi connectivity index (χ1v) is 14.7. The van der Waals surface area contributed by atoms with Crippen LogP contribution in [-0.2, 0) is 34.2 Å². The molecule has 37 heavy (non-hydrogen) atoms. The molecule has 11 heteroatoms. The average Bonchev–Trinajstić information content (AvgIpc) is 3.12. The number of carbonyl (C=O) groups excluding carboxylic acids is 1. The molecular weight excluding hydrogens is 514 g/mol. The van der Waals surface area contributed by atoms with Gasteiger partial charge in [-0.2, -0.15) is 9.29 Å². The SMILES string of the molecule is CC(C)Cc1ccc(S(=O)(=O)N2CCN(Cc3noc(CCC(=O)N4CCCCCC4)n3)CC2)cc1.Cl. The molecule has 3 heterocycles. The van der Waals surface area contributed by atoms with E-state index in [1.54, 1.807) is 16.4 Å². The summed E-state index contributed by atoms with van der Waals surface area (Å²) in [7, 11) is -3.51. The number of piperazine rings is 1. The van der Waals surface area contributed by atoms with Gasteiger partial charge >= 0.3 is 0 Å². The van der Waals surface area contributed by atoms with Crippen LogP contribution in [0.4, 0.5) is 0 Å². The summed E-state index contributed by atoms with van der Waals surface area (Å²) < 4.78 is 33.1. The van der Waals surface area contributed by atoms with Crippen molar-refractivity contribution in [1.29, 1.82) is 0 Å². The molecule has 2 saturated heterocycles. The van der Waals surface area contributed by atoms with E-state index in [0.717, 1.165) is 37.9 Å². The largest absolute Gasteiger partial charge is 0.343 e. The van der Waals surface area contributed by atoms with Gasteiger partial charge in [-0.25, -0.2) is 8.42 Å². The van der Waals surface area contributed by atoms with Crippen molar-refractivity contribution in [2.45, 2.75) is 70.2 Å². The van der Waals surface area contributed by atoms with Crippen molar-refractivity contribution in [1.82, 2.24) is 24.2 Å². The number of amides is 1. The van der Waals surface area contributed by atoms with Crippen molar-refractivity contribution in [2.75, 3.05) is 39.3 Å². The van der Waals surface area contributed by atoms with Crippen LogP contribution in [0.25, 0.3) is 0 Å². The molecule has 1 amide bonds. The molecule has 2 aliphatic rings. The maximum Gasteiger partial charge on any atom is 0.243 e. The maximum atomic E-state index is 13.1. The van der Waals surface area contributed by atoms with Crippen molar-refractivity contribution in [3.8, 4) is 0 Å². The number of likely N-dealkylation sites (tertiary alicyclic amines) is 1. The maximum absolute atomic E-state index is 13.1. The molecule has 0 N–H and O–H groups in total. The summed E-state index contributed by atoms with van der Waals surface area (Å²) in [6.45, 7) is 8.54. The highest BCUT2D eigenvalue weighted by molar-refractivity contribution is 7.89. The summed E-state index contributed by atoms with van der Waals surface area (Å²) in [6, 6.07) is 7.27. The van der Waals surface area contributed by atoms with Crippen LogP contribution >= 0.6 is 12.4 Å². The van der Waals surface area contributed by atoms with Crippen molar-refractivity contribution < 1.29 is 17.7 Å². The zero-order valence-corrected chi connectivity index (χ0v) is 23.6. The summed E-state index contributed by atoms with van der Waals surface area (Å²) >= 11 is 0. The molecule has 0 radical (unpaired) electrons. The van der Waals surface area contributed by atoms with Crippen LogP contribution in [0.15, 0.2) is 33.7 Å². The Bertz CT molecular complexity index is 1090. The average molecular weight is 554 g/mol. The second-order valence-electron chi connectivity index (χ2n) is 10.3. The van der Waals surface area contributed by atoms with Gasteiger partial charge in [0.1, 0.15) is 0 Å². The molecule has 1 aromatic carbocycles. The molecule has 0 aliphatic carbocycles. The minimum absolute atomic E-state index is 0. The number of hydrogen-bond acceptors (Lipinski definition) is 7. The van der Waals surface area contributed by atoms with Crippen LogP contribution in [0.5, 0.6) is 0 Å². The van der Waals surface area contributed by atoms with E-state index in [-0.39, 0.29) is 18.3 Å². The first kappa shape index (κ1) is 29.5. The lowest BCUT2D eigenvalue weighted by molar-refractivity contribution is -0.131. The van der Waals surface area contributed by atoms with Crippen molar-refractivity contribution >= 4 is 28.3 Å². The fourth-order valence-corrected chi connectivity index (χ4v) is 6.32. The lowest BCUT2D eigenvalue weighted by Crippen LogP contribution is -2.48. The molecule has 0 bridgehead atoms. The second kappa shape index (κ2) is 13.7. The third-order valence-corrected chi connectivity index (χ3v) is 8.84. The number of aryl methyl sites for hydroxylation is 1. The Hall–Kier alpha value is -2.01. The molecule has 1 aromatic heterocycles. The number of rotatable bonds is 9. The predicted octanol–water partition coefficient (Wildman–Crippen LogP) is 3.53. The van der Waals surface area contributed by atoms with Crippen molar-refractivity contribution in [2.24, 2.45) is 5.92 Å². The van der Waals surface area contributed by atoms with Gasteiger partial charge in [-0.05, 0) is 42.9 Å². The van der Waals surface area contributed by atoms with E-state index in [2.05, 4.69) is 28.9 Å². The third-order valence-electron chi connectivity index (χ3n) is 6.92. The zero-order valence-electron chi connectivity index (χ0n) is 22.0. The van der Waals surface area contributed by atoms with Crippen LogP contribution in [0, 0.1) is 5.92 Å². The Morgan fingerprint density at radius 3 is 2.24 bits per heavy atom. The quantitative estimate of drug-likeness (QED) is 0.468. The topological polar surface area (TPSA) is 99.8 Å². The van der Waals surface area contributed by atoms with Gasteiger partial charge in [-0.3, -0.25) is 9.69 Å². The van der Waals surface area contributed by atoms with Gasteiger partial charge in [0.2, 0.25) is 21.8 Å². The highest BCUT2D eigenvalue weighted by Crippen LogP contribution is 2.20. The molecule has 206 valence electrons. The lowest BCUT2D eigenvalue weighted by atomic mass is 10.0. The number of nitrogens with zero attached hydrogens (tertiary/aromatic N) is 5. The van der Waals surface area contributed by atoms with E-state index in [9.17, 15) is 13.2 Å². The lowest BCUT2D eigenvalue weighted by Gasteiger charge is -2.33. The Morgan fingerprint density at radius 2 is 1.62 bits per heavy atom. The monoisotopic (exact) mass is 553 g/mol. The number of benzene rings is 1. The minimum atomic E-state index is -3.51. The molecular formula is C26H40ClN5O4S.